The largest absolute Gasteiger partial charge is 0.465 e. The molecule has 1 aromatic heterocycles. The van der Waals surface area contributed by atoms with Gasteiger partial charge in [0, 0.05) is 20.2 Å². The number of hydrogen-bond donors (Lipinski definition) is 0. The molecular formula is C19H33N3O5S. The molecule has 0 aromatic carbocycles. The first kappa shape index (κ1) is 22.8. The minimum atomic E-state index is -3.51. The number of methoxy groups -OCH3 is 1. The van der Waals surface area contributed by atoms with Crippen LogP contribution in [-0.2, 0) is 37.2 Å². The second kappa shape index (κ2) is 10.9. The van der Waals surface area contributed by atoms with Crippen LogP contribution >= 0.6 is 0 Å². The van der Waals surface area contributed by atoms with Gasteiger partial charge in [0.05, 0.1) is 36.9 Å². The van der Waals surface area contributed by atoms with Gasteiger partial charge in [-0.15, -0.1) is 0 Å². The molecule has 1 aliphatic rings. The van der Waals surface area contributed by atoms with Crippen molar-refractivity contribution in [2.45, 2.75) is 68.9 Å². The average Bonchev–Trinajstić information content (AvgIpc) is 2.85. The van der Waals surface area contributed by atoms with Crippen LogP contribution < -0.4 is 0 Å². The van der Waals surface area contributed by atoms with Gasteiger partial charge in [0.2, 0.25) is 15.0 Å². The molecule has 0 unspecified atom stereocenters. The van der Waals surface area contributed by atoms with Gasteiger partial charge >= 0.3 is 5.97 Å². The molecule has 0 atom stereocenters. The number of ether oxygens (including phenoxy) is 2. The van der Waals surface area contributed by atoms with Gasteiger partial charge in [-0.25, -0.2) is 13.4 Å². The molecule has 160 valence electrons. The Kier molecular flexibility index (Phi) is 8.91. The molecule has 0 bridgehead atoms. The van der Waals surface area contributed by atoms with E-state index in [1.807, 2.05) is 0 Å². The zero-order valence-corrected chi connectivity index (χ0v) is 18.0. The highest BCUT2D eigenvalue weighted by Crippen LogP contribution is 2.28. The summed E-state index contributed by atoms with van der Waals surface area (Å²) >= 11 is 0. The van der Waals surface area contributed by atoms with E-state index in [4.69, 9.17) is 9.47 Å². The minimum absolute atomic E-state index is 0.121. The molecule has 2 rings (SSSR count). The molecule has 1 saturated carbocycles. The van der Waals surface area contributed by atoms with Crippen molar-refractivity contribution in [1.82, 2.24) is 14.5 Å². The third-order valence-corrected chi connectivity index (χ3v) is 7.24. The zero-order chi connectivity index (χ0) is 20.6. The number of aromatic nitrogens is 2. The Morgan fingerprint density at radius 1 is 1.29 bits per heavy atom. The Balaban J connectivity index is 2.23. The van der Waals surface area contributed by atoms with E-state index in [1.165, 1.54) is 0 Å². The second-order valence-electron chi connectivity index (χ2n) is 7.31. The van der Waals surface area contributed by atoms with Crippen LogP contribution in [0.15, 0.2) is 11.4 Å². The number of hydrogen-bond acceptors (Lipinski definition) is 7. The molecule has 0 amide bonds. The summed E-state index contributed by atoms with van der Waals surface area (Å²) in [6.45, 7) is 3.42. The second-order valence-corrected chi connectivity index (χ2v) is 9.43. The van der Waals surface area contributed by atoms with Crippen LogP contribution in [-0.4, -0.2) is 68.0 Å². The molecule has 8 nitrogen and oxygen atoms in total. The zero-order valence-electron chi connectivity index (χ0n) is 17.2. The minimum Gasteiger partial charge on any atom is -0.465 e. The fourth-order valence-electron chi connectivity index (χ4n) is 3.63. The van der Waals surface area contributed by atoms with E-state index in [0.29, 0.717) is 39.1 Å². The quantitative estimate of drug-likeness (QED) is 0.426. The lowest BCUT2D eigenvalue weighted by Crippen LogP contribution is -2.29. The number of likely N-dealkylation sites (N-methyl/N-ethyl adjacent to an activating group) is 1. The summed E-state index contributed by atoms with van der Waals surface area (Å²) in [6.07, 6.45) is 7.05. The van der Waals surface area contributed by atoms with Gasteiger partial charge in [-0.2, -0.15) is 0 Å². The van der Waals surface area contributed by atoms with Crippen LogP contribution in [0.25, 0.3) is 0 Å². The van der Waals surface area contributed by atoms with Crippen LogP contribution in [0.5, 0.6) is 0 Å². The lowest BCUT2D eigenvalue weighted by molar-refractivity contribution is -0.144. The lowest BCUT2D eigenvalue weighted by Gasteiger charge is -2.19. The summed E-state index contributed by atoms with van der Waals surface area (Å²) in [4.78, 5) is 17.8. The van der Waals surface area contributed by atoms with Crippen molar-refractivity contribution in [1.29, 1.82) is 0 Å². The Morgan fingerprint density at radius 3 is 2.57 bits per heavy atom. The fourth-order valence-corrected chi connectivity index (χ4v) is 5.60. The number of nitrogens with zero attached hydrogens (tertiary/aromatic N) is 3. The van der Waals surface area contributed by atoms with Crippen LogP contribution in [0.1, 0.15) is 51.1 Å². The predicted molar refractivity (Wildman–Crippen MR) is 106 cm³/mol. The van der Waals surface area contributed by atoms with Crippen molar-refractivity contribution in [3.8, 4) is 0 Å². The number of imidazole rings is 1. The monoisotopic (exact) mass is 415 g/mol. The molecule has 28 heavy (non-hydrogen) atoms. The Morgan fingerprint density at radius 2 is 1.96 bits per heavy atom. The summed E-state index contributed by atoms with van der Waals surface area (Å²) in [6, 6.07) is 0. The maximum absolute atomic E-state index is 13.3. The van der Waals surface area contributed by atoms with Crippen LogP contribution in [0.2, 0.25) is 0 Å². The van der Waals surface area contributed by atoms with Crippen LogP contribution in [0.4, 0.5) is 0 Å². The highest BCUT2D eigenvalue weighted by molar-refractivity contribution is 7.91. The number of carbonyl (C=O) groups excluding carboxylic acids is 1. The predicted octanol–water partition coefficient (Wildman–Crippen LogP) is 2.02. The van der Waals surface area contributed by atoms with Gasteiger partial charge in [-0.05, 0) is 26.8 Å². The van der Waals surface area contributed by atoms with Crippen molar-refractivity contribution in [3.63, 3.8) is 0 Å². The van der Waals surface area contributed by atoms with Crippen molar-refractivity contribution < 1.29 is 22.7 Å². The molecule has 1 aliphatic carbocycles. The van der Waals surface area contributed by atoms with Gasteiger partial charge in [-0.1, -0.05) is 25.7 Å². The third kappa shape index (κ3) is 6.02. The fraction of sp³-hybridized carbons (Fsp3) is 0.789. The molecule has 0 saturated heterocycles. The van der Waals surface area contributed by atoms with Crippen molar-refractivity contribution in [2.75, 3.05) is 33.9 Å². The standard InChI is InChI=1S/C19H33N3O5S/c1-4-27-18(23)15-21(2)14-16-13-20-19(22(16)11-12-26-3)28(24,25)17-9-7-5-6-8-10-17/h13,17H,4-12,14-15H2,1-3H3. The Bertz CT molecular complexity index is 724. The van der Waals surface area contributed by atoms with E-state index < -0.39 is 9.84 Å². The normalized spacial score (nSPS) is 16.3. The molecule has 1 heterocycles. The van der Waals surface area contributed by atoms with Crippen LogP contribution in [0, 0.1) is 0 Å². The van der Waals surface area contributed by atoms with Gasteiger partial charge in [-0.3, -0.25) is 9.69 Å². The van der Waals surface area contributed by atoms with Crippen molar-refractivity contribution in [2.24, 2.45) is 0 Å². The Labute approximate surface area is 168 Å². The van der Waals surface area contributed by atoms with Crippen molar-refractivity contribution >= 4 is 15.8 Å². The average molecular weight is 416 g/mol. The maximum Gasteiger partial charge on any atom is 0.320 e. The van der Waals surface area contributed by atoms with E-state index in [1.54, 1.807) is 36.7 Å². The summed E-state index contributed by atoms with van der Waals surface area (Å²) in [5.74, 6) is -0.306. The topological polar surface area (TPSA) is 90.7 Å². The molecule has 0 aliphatic heterocycles. The first-order chi connectivity index (χ1) is 13.4. The maximum atomic E-state index is 13.3. The first-order valence-corrected chi connectivity index (χ1v) is 11.6. The smallest absolute Gasteiger partial charge is 0.320 e. The number of esters is 1. The molecule has 0 N–H and O–H groups in total. The summed E-state index contributed by atoms with van der Waals surface area (Å²) in [7, 11) is -0.125. The highest BCUT2D eigenvalue weighted by Gasteiger charge is 2.33. The van der Waals surface area contributed by atoms with Gasteiger partial charge in [0.15, 0.2) is 0 Å². The first-order valence-electron chi connectivity index (χ1n) is 10.0. The third-order valence-electron chi connectivity index (χ3n) is 5.05. The SMILES string of the molecule is CCOC(=O)CN(C)Cc1cnc(S(=O)(=O)C2CCCCCC2)n1CCOC. The van der Waals surface area contributed by atoms with E-state index in [-0.39, 0.29) is 22.9 Å². The van der Waals surface area contributed by atoms with Gasteiger partial charge in [0.25, 0.3) is 0 Å². The molecule has 9 heteroatoms. The molecule has 0 spiro atoms. The van der Waals surface area contributed by atoms with Gasteiger partial charge < -0.3 is 14.0 Å². The summed E-state index contributed by atoms with van der Waals surface area (Å²) in [5.41, 5.74) is 0.746. The summed E-state index contributed by atoms with van der Waals surface area (Å²) < 4.78 is 38.4. The van der Waals surface area contributed by atoms with E-state index in [9.17, 15) is 13.2 Å². The number of sulfone groups is 1. The molecule has 1 aromatic rings. The number of carbonyl (C=O) groups is 1. The summed E-state index contributed by atoms with van der Waals surface area (Å²) in [5, 5.41) is -0.250. The van der Waals surface area contributed by atoms with E-state index >= 15 is 0 Å². The van der Waals surface area contributed by atoms with E-state index in [2.05, 4.69) is 4.98 Å². The Hall–Kier alpha value is -1.45. The number of rotatable bonds is 10. The van der Waals surface area contributed by atoms with Crippen LogP contribution in [0.3, 0.4) is 0 Å². The van der Waals surface area contributed by atoms with Gasteiger partial charge in [0.1, 0.15) is 0 Å². The van der Waals surface area contributed by atoms with Crippen molar-refractivity contribution in [3.05, 3.63) is 11.9 Å². The molecular weight excluding hydrogens is 382 g/mol. The molecule has 1 fully saturated rings. The lowest BCUT2D eigenvalue weighted by atomic mass is 10.2. The molecule has 0 radical (unpaired) electrons. The van der Waals surface area contributed by atoms with E-state index in [0.717, 1.165) is 31.4 Å². The highest BCUT2D eigenvalue weighted by atomic mass is 32.2.